The summed E-state index contributed by atoms with van der Waals surface area (Å²) in [4.78, 5) is 24.0. The molecule has 1 aliphatic heterocycles. The molecule has 2 aromatic carbocycles. The van der Waals surface area contributed by atoms with Gasteiger partial charge in [-0.15, -0.1) is 5.10 Å². The molecule has 4 rings (SSSR count). The zero-order chi connectivity index (χ0) is 21.1. The fourth-order valence-corrected chi connectivity index (χ4v) is 3.76. The minimum Gasteiger partial charge on any atom is -0.355 e. The number of amides is 2. The highest BCUT2D eigenvalue weighted by Crippen LogP contribution is 2.28. The summed E-state index contributed by atoms with van der Waals surface area (Å²) in [6.07, 6.45) is 1.22. The number of aromatic nitrogens is 2. The Morgan fingerprint density at radius 3 is 2.67 bits per heavy atom. The first-order chi connectivity index (χ1) is 14.5. The van der Waals surface area contributed by atoms with Gasteiger partial charge in [0.2, 0.25) is 11.8 Å². The molecule has 0 radical (unpaired) electrons. The van der Waals surface area contributed by atoms with Gasteiger partial charge in [-0.3, -0.25) is 9.59 Å². The fourth-order valence-electron chi connectivity index (χ4n) is 3.76. The van der Waals surface area contributed by atoms with E-state index in [2.05, 4.69) is 53.8 Å². The van der Waals surface area contributed by atoms with E-state index in [0.717, 1.165) is 23.4 Å². The van der Waals surface area contributed by atoms with Crippen molar-refractivity contribution in [2.24, 2.45) is 11.8 Å². The van der Waals surface area contributed by atoms with E-state index < -0.39 is 0 Å². The summed E-state index contributed by atoms with van der Waals surface area (Å²) in [5.74, 6) is 0.403. The van der Waals surface area contributed by atoms with E-state index in [1.807, 2.05) is 41.1 Å². The number of carbonyl (C=O) groups excluding carboxylic acids is 2. The molecule has 1 fully saturated rings. The number of benzene rings is 2. The van der Waals surface area contributed by atoms with Gasteiger partial charge in [-0.25, -0.2) is 4.68 Å². The van der Waals surface area contributed by atoms with Crippen molar-refractivity contribution in [1.82, 2.24) is 15.1 Å². The molecule has 2 N–H and O–H groups in total. The van der Waals surface area contributed by atoms with Crippen molar-refractivity contribution in [3.63, 3.8) is 0 Å². The third-order valence-corrected chi connectivity index (χ3v) is 5.18. The van der Waals surface area contributed by atoms with Crippen LogP contribution in [0.2, 0.25) is 0 Å². The summed E-state index contributed by atoms with van der Waals surface area (Å²) in [5, 5.41) is 10.2. The maximum Gasteiger partial charge on any atom is 0.230 e. The van der Waals surface area contributed by atoms with Crippen LogP contribution >= 0.6 is 0 Å². The van der Waals surface area contributed by atoms with Gasteiger partial charge in [-0.2, -0.15) is 0 Å². The summed E-state index contributed by atoms with van der Waals surface area (Å²) in [5.41, 5.74) is 4.13. The predicted molar refractivity (Wildman–Crippen MR) is 117 cm³/mol. The second kappa shape index (κ2) is 8.53. The summed E-state index contributed by atoms with van der Waals surface area (Å²) < 4.78 is 1.85. The number of carbonyl (C=O) groups is 2. The first kappa shape index (κ1) is 19.9. The van der Waals surface area contributed by atoms with Crippen molar-refractivity contribution in [2.75, 3.05) is 11.9 Å². The number of hydrogen-bond donors (Lipinski definition) is 2. The number of para-hydroxylation sites is 1. The van der Waals surface area contributed by atoms with Crippen LogP contribution < -0.4 is 10.6 Å². The van der Waals surface area contributed by atoms with Crippen LogP contribution in [-0.2, 0) is 16.0 Å². The molecule has 1 atom stereocenters. The Hall–Kier alpha value is -3.41. The first-order valence-electron chi connectivity index (χ1n) is 10.3. The molecule has 0 aliphatic carbocycles. The largest absolute Gasteiger partial charge is 0.355 e. The number of nitrogens with zero attached hydrogens (tertiary/aromatic N) is 2. The van der Waals surface area contributed by atoms with Crippen LogP contribution in [0.25, 0.3) is 16.9 Å². The topological polar surface area (TPSA) is 76.0 Å². The molecule has 2 heterocycles. The van der Waals surface area contributed by atoms with Gasteiger partial charge < -0.3 is 10.6 Å². The number of nitrogens with one attached hydrogen (secondary N) is 2. The van der Waals surface area contributed by atoms with E-state index >= 15 is 0 Å². The molecule has 6 heteroatoms. The van der Waals surface area contributed by atoms with Gasteiger partial charge in [0.1, 0.15) is 0 Å². The normalized spacial score (nSPS) is 16.0. The van der Waals surface area contributed by atoms with Crippen molar-refractivity contribution in [3.05, 3.63) is 66.2 Å². The maximum absolute atomic E-state index is 12.6. The molecule has 30 heavy (non-hydrogen) atoms. The van der Waals surface area contributed by atoms with Gasteiger partial charge in [0, 0.05) is 24.6 Å². The lowest BCUT2D eigenvalue weighted by atomic mass is 10.00. The Labute approximate surface area is 176 Å². The molecule has 0 saturated carbocycles. The summed E-state index contributed by atoms with van der Waals surface area (Å²) in [6, 6.07) is 20.2. The van der Waals surface area contributed by atoms with Crippen LogP contribution in [0.4, 0.5) is 5.82 Å². The van der Waals surface area contributed by atoms with E-state index in [-0.39, 0.29) is 24.2 Å². The Morgan fingerprint density at radius 2 is 1.97 bits per heavy atom. The third kappa shape index (κ3) is 4.43. The van der Waals surface area contributed by atoms with Crippen LogP contribution in [0, 0.1) is 11.8 Å². The molecule has 1 aliphatic rings. The standard InChI is InChI=1S/C24H26N4O2/c1-16(2)11-17-7-6-8-18(12-17)21-14-22(26-24(30)19-13-23(29)25-15-19)27-28(21)20-9-4-3-5-10-20/h3-10,12,14,16,19H,11,13,15H2,1-2H3,(H,25,29)(H,26,27,30)/t19-/m0/s1. The van der Waals surface area contributed by atoms with Gasteiger partial charge in [0.05, 0.1) is 17.3 Å². The molecule has 0 bridgehead atoms. The molecular weight excluding hydrogens is 376 g/mol. The van der Waals surface area contributed by atoms with E-state index in [1.54, 1.807) is 0 Å². The molecular formula is C24H26N4O2. The lowest BCUT2D eigenvalue weighted by molar-refractivity contribution is -0.123. The second-order valence-electron chi connectivity index (χ2n) is 8.15. The highest BCUT2D eigenvalue weighted by atomic mass is 16.2. The molecule has 1 saturated heterocycles. The van der Waals surface area contributed by atoms with Gasteiger partial charge in [-0.1, -0.05) is 50.2 Å². The monoisotopic (exact) mass is 402 g/mol. The molecule has 154 valence electrons. The minimum absolute atomic E-state index is 0.0902. The molecule has 2 amide bonds. The van der Waals surface area contributed by atoms with Crippen LogP contribution in [0.3, 0.4) is 0 Å². The quantitative estimate of drug-likeness (QED) is 0.658. The summed E-state index contributed by atoms with van der Waals surface area (Å²) >= 11 is 0. The SMILES string of the molecule is CC(C)Cc1cccc(-c2cc(NC(=O)[C@@H]3CNC(=O)C3)nn2-c2ccccc2)c1. The van der Waals surface area contributed by atoms with E-state index in [0.29, 0.717) is 18.3 Å². The molecule has 0 spiro atoms. The molecule has 1 aromatic heterocycles. The lowest BCUT2D eigenvalue weighted by Crippen LogP contribution is -2.24. The molecule has 3 aromatic rings. The number of hydrogen-bond acceptors (Lipinski definition) is 3. The van der Waals surface area contributed by atoms with Gasteiger partial charge in [0.15, 0.2) is 5.82 Å². The van der Waals surface area contributed by atoms with Crippen LogP contribution in [0.1, 0.15) is 25.8 Å². The maximum atomic E-state index is 12.6. The Bertz CT molecular complexity index is 1060. The van der Waals surface area contributed by atoms with Crippen molar-refractivity contribution in [3.8, 4) is 16.9 Å². The van der Waals surface area contributed by atoms with E-state index in [4.69, 9.17) is 0 Å². The number of rotatable bonds is 6. The second-order valence-corrected chi connectivity index (χ2v) is 8.15. The van der Waals surface area contributed by atoms with Crippen LogP contribution in [-0.4, -0.2) is 28.1 Å². The summed E-state index contributed by atoms with van der Waals surface area (Å²) in [7, 11) is 0. The molecule has 0 unspecified atom stereocenters. The highest BCUT2D eigenvalue weighted by molar-refractivity contribution is 5.97. The Balaban J connectivity index is 1.68. The average molecular weight is 402 g/mol. The fraction of sp³-hybridized carbons (Fsp3) is 0.292. The Morgan fingerprint density at radius 1 is 1.17 bits per heavy atom. The first-order valence-corrected chi connectivity index (χ1v) is 10.3. The van der Waals surface area contributed by atoms with Crippen LogP contribution in [0.5, 0.6) is 0 Å². The lowest BCUT2D eigenvalue weighted by Gasteiger charge is -2.10. The minimum atomic E-state index is -0.364. The summed E-state index contributed by atoms with van der Waals surface area (Å²) in [6.45, 7) is 4.78. The third-order valence-electron chi connectivity index (χ3n) is 5.18. The van der Waals surface area contributed by atoms with Gasteiger partial charge >= 0.3 is 0 Å². The van der Waals surface area contributed by atoms with Crippen molar-refractivity contribution < 1.29 is 9.59 Å². The van der Waals surface area contributed by atoms with Crippen molar-refractivity contribution in [1.29, 1.82) is 0 Å². The zero-order valence-electron chi connectivity index (χ0n) is 17.3. The molecule has 6 nitrogen and oxygen atoms in total. The van der Waals surface area contributed by atoms with Crippen LogP contribution in [0.15, 0.2) is 60.7 Å². The predicted octanol–water partition coefficient (Wildman–Crippen LogP) is 3.81. The Kier molecular flexibility index (Phi) is 5.65. The highest BCUT2D eigenvalue weighted by Gasteiger charge is 2.28. The average Bonchev–Trinajstić information content (AvgIpc) is 3.35. The van der Waals surface area contributed by atoms with E-state index in [1.165, 1.54) is 5.56 Å². The van der Waals surface area contributed by atoms with Crippen molar-refractivity contribution in [2.45, 2.75) is 26.7 Å². The van der Waals surface area contributed by atoms with E-state index in [9.17, 15) is 9.59 Å². The smallest absolute Gasteiger partial charge is 0.230 e. The van der Waals surface area contributed by atoms with Gasteiger partial charge in [-0.05, 0) is 36.1 Å². The zero-order valence-corrected chi connectivity index (χ0v) is 17.3. The number of anilines is 1. The van der Waals surface area contributed by atoms with Crippen molar-refractivity contribution >= 4 is 17.6 Å². The van der Waals surface area contributed by atoms with Gasteiger partial charge in [0.25, 0.3) is 0 Å².